The second-order valence-corrected chi connectivity index (χ2v) is 5.89. The van der Waals surface area contributed by atoms with E-state index in [1.807, 2.05) is 6.92 Å². The second-order valence-electron chi connectivity index (χ2n) is 5.89. The van der Waals surface area contributed by atoms with E-state index in [9.17, 15) is 15.0 Å². The van der Waals surface area contributed by atoms with Crippen LogP contribution in [-0.4, -0.2) is 32.2 Å². The maximum absolute atomic E-state index is 11.9. The molecular weight excluding hydrogens is 310 g/mol. The number of amides is 1. The fourth-order valence-corrected chi connectivity index (χ4v) is 3.10. The van der Waals surface area contributed by atoms with Crippen molar-refractivity contribution in [2.45, 2.75) is 38.4 Å². The van der Waals surface area contributed by atoms with E-state index in [1.54, 1.807) is 24.5 Å². The molecule has 126 valence electrons. The summed E-state index contributed by atoms with van der Waals surface area (Å²) in [7, 11) is 0. The van der Waals surface area contributed by atoms with Crippen molar-refractivity contribution in [3.8, 4) is 22.8 Å². The van der Waals surface area contributed by atoms with Gasteiger partial charge < -0.3 is 20.7 Å². The van der Waals surface area contributed by atoms with Gasteiger partial charge in [-0.25, -0.2) is 4.98 Å². The summed E-state index contributed by atoms with van der Waals surface area (Å²) >= 11 is 0. The normalized spacial score (nSPS) is 20.7. The largest absolute Gasteiger partial charge is 0.503 e. The number of aromatic hydroxyl groups is 2. The van der Waals surface area contributed by atoms with Gasteiger partial charge in [-0.05, 0) is 32.3 Å². The Kier molecular flexibility index (Phi) is 4.35. The number of hydrogen-bond acceptors (Lipinski definition) is 6. The van der Waals surface area contributed by atoms with Crippen molar-refractivity contribution < 1.29 is 19.7 Å². The van der Waals surface area contributed by atoms with Gasteiger partial charge in [-0.1, -0.05) is 6.07 Å². The van der Waals surface area contributed by atoms with Crippen LogP contribution in [0.1, 0.15) is 48.3 Å². The third kappa shape index (κ3) is 2.90. The lowest BCUT2D eigenvalue weighted by Crippen LogP contribution is -2.22. The van der Waals surface area contributed by atoms with Crippen LogP contribution < -0.4 is 5.73 Å². The Morgan fingerprint density at radius 3 is 2.79 bits per heavy atom. The van der Waals surface area contributed by atoms with Crippen molar-refractivity contribution in [1.82, 2.24) is 9.97 Å². The predicted molar refractivity (Wildman–Crippen MR) is 86.5 cm³/mol. The molecule has 0 radical (unpaired) electrons. The van der Waals surface area contributed by atoms with Gasteiger partial charge in [0.1, 0.15) is 5.69 Å². The molecule has 2 aromatic heterocycles. The van der Waals surface area contributed by atoms with Crippen LogP contribution >= 0.6 is 0 Å². The van der Waals surface area contributed by atoms with Crippen LogP contribution in [0.25, 0.3) is 11.1 Å². The first kappa shape index (κ1) is 16.2. The quantitative estimate of drug-likeness (QED) is 0.795. The summed E-state index contributed by atoms with van der Waals surface area (Å²) in [5.74, 6) is -1.82. The van der Waals surface area contributed by atoms with Crippen molar-refractivity contribution in [2.75, 3.05) is 0 Å². The molecule has 1 aliphatic heterocycles. The molecule has 4 N–H and O–H groups in total. The molecule has 0 aromatic carbocycles. The molecule has 0 bridgehead atoms. The van der Waals surface area contributed by atoms with Crippen molar-refractivity contribution in [2.24, 2.45) is 5.73 Å². The summed E-state index contributed by atoms with van der Waals surface area (Å²) in [6, 6.07) is 3.45. The van der Waals surface area contributed by atoms with Gasteiger partial charge in [0, 0.05) is 29.1 Å². The molecule has 7 nitrogen and oxygen atoms in total. The number of nitrogens with zero attached hydrogens (tertiary/aromatic N) is 2. The molecule has 0 saturated carbocycles. The average Bonchev–Trinajstić information content (AvgIpc) is 2.57. The highest BCUT2D eigenvalue weighted by Gasteiger charge is 2.31. The number of primary amides is 1. The molecule has 7 heteroatoms. The van der Waals surface area contributed by atoms with Crippen molar-refractivity contribution >= 4 is 5.91 Å². The first-order valence-electron chi connectivity index (χ1n) is 7.80. The lowest BCUT2D eigenvalue weighted by molar-refractivity contribution is -0.0422. The number of aromatic nitrogens is 2. The van der Waals surface area contributed by atoms with E-state index in [1.165, 1.54) is 0 Å². The SMILES string of the molecule is CC1CCCC(c2c(O)c(O)nc(C(N)=O)c2-c2cccnc2)O1. The van der Waals surface area contributed by atoms with E-state index in [2.05, 4.69) is 9.97 Å². The predicted octanol–water partition coefficient (Wildman–Crippen LogP) is 2.28. The highest BCUT2D eigenvalue weighted by Crippen LogP contribution is 2.45. The first-order chi connectivity index (χ1) is 11.5. The van der Waals surface area contributed by atoms with Gasteiger partial charge in [0.25, 0.3) is 11.8 Å². The van der Waals surface area contributed by atoms with E-state index in [0.29, 0.717) is 23.1 Å². The zero-order valence-corrected chi connectivity index (χ0v) is 13.3. The van der Waals surface area contributed by atoms with E-state index in [0.717, 1.165) is 12.8 Å². The highest BCUT2D eigenvalue weighted by atomic mass is 16.5. The Labute approximate surface area is 139 Å². The fourth-order valence-electron chi connectivity index (χ4n) is 3.10. The Morgan fingerprint density at radius 2 is 2.17 bits per heavy atom. The number of ether oxygens (including phenoxy) is 1. The number of carbonyl (C=O) groups is 1. The number of carbonyl (C=O) groups excluding carboxylic acids is 1. The molecule has 0 spiro atoms. The number of pyridine rings is 2. The Bertz CT molecular complexity index is 764. The van der Waals surface area contributed by atoms with E-state index in [-0.39, 0.29) is 11.8 Å². The minimum atomic E-state index is -0.797. The van der Waals surface area contributed by atoms with Crippen LogP contribution in [0.3, 0.4) is 0 Å². The molecule has 24 heavy (non-hydrogen) atoms. The Morgan fingerprint density at radius 1 is 1.38 bits per heavy atom. The van der Waals surface area contributed by atoms with Gasteiger partial charge in [0.2, 0.25) is 0 Å². The molecule has 2 unspecified atom stereocenters. The Balaban J connectivity index is 2.27. The maximum Gasteiger partial charge on any atom is 0.268 e. The van der Waals surface area contributed by atoms with Crippen LogP contribution in [-0.2, 0) is 4.74 Å². The standard InChI is InChI=1S/C17H19N3O4/c1-9-4-2-6-11(24-9)13-12(10-5-3-7-19-8-10)14(16(18)22)20-17(23)15(13)21/h3,5,7-9,11,21H,2,4,6H2,1H3,(H2,18,22)(H,20,23). The molecule has 0 aliphatic carbocycles. The van der Waals surface area contributed by atoms with Gasteiger partial charge in [-0.2, -0.15) is 0 Å². The first-order valence-corrected chi connectivity index (χ1v) is 7.80. The summed E-state index contributed by atoms with van der Waals surface area (Å²) in [6.07, 6.45) is 5.18. The topological polar surface area (TPSA) is 119 Å². The third-order valence-corrected chi connectivity index (χ3v) is 4.17. The van der Waals surface area contributed by atoms with Crippen molar-refractivity contribution in [3.63, 3.8) is 0 Å². The van der Waals surface area contributed by atoms with Crippen molar-refractivity contribution in [3.05, 3.63) is 35.8 Å². The van der Waals surface area contributed by atoms with E-state index < -0.39 is 23.6 Å². The summed E-state index contributed by atoms with van der Waals surface area (Å²) in [4.78, 5) is 19.7. The highest BCUT2D eigenvalue weighted by molar-refractivity contribution is 5.99. The van der Waals surface area contributed by atoms with Gasteiger partial charge in [-0.15, -0.1) is 0 Å². The molecule has 1 amide bonds. The van der Waals surface area contributed by atoms with Gasteiger partial charge in [-0.3, -0.25) is 9.78 Å². The minimum Gasteiger partial charge on any atom is -0.503 e. The molecule has 2 aromatic rings. The number of rotatable bonds is 3. The summed E-state index contributed by atoms with van der Waals surface area (Å²) in [5.41, 5.74) is 6.58. The molecule has 3 rings (SSSR count). The van der Waals surface area contributed by atoms with Crippen molar-refractivity contribution in [1.29, 1.82) is 0 Å². The van der Waals surface area contributed by atoms with Crippen LogP contribution in [0.15, 0.2) is 24.5 Å². The summed E-state index contributed by atoms with van der Waals surface area (Å²) < 4.78 is 5.93. The lowest BCUT2D eigenvalue weighted by Gasteiger charge is -2.30. The third-order valence-electron chi connectivity index (χ3n) is 4.17. The van der Waals surface area contributed by atoms with Crippen LogP contribution in [0, 0.1) is 0 Å². The molecular formula is C17H19N3O4. The fraction of sp³-hybridized carbons (Fsp3) is 0.353. The van der Waals surface area contributed by atoms with Crippen LogP contribution in [0.5, 0.6) is 11.6 Å². The summed E-state index contributed by atoms with van der Waals surface area (Å²) in [6.45, 7) is 1.95. The van der Waals surface area contributed by atoms with E-state index >= 15 is 0 Å². The Hall–Kier alpha value is -2.67. The van der Waals surface area contributed by atoms with Crippen LogP contribution in [0.4, 0.5) is 0 Å². The lowest BCUT2D eigenvalue weighted by atomic mass is 9.90. The molecule has 1 aliphatic rings. The molecule has 1 saturated heterocycles. The summed E-state index contributed by atoms with van der Waals surface area (Å²) in [5, 5.41) is 20.4. The number of nitrogens with two attached hydrogens (primary N) is 1. The van der Waals surface area contributed by atoms with Gasteiger partial charge in [0.05, 0.1) is 12.2 Å². The zero-order chi connectivity index (χ0) is 17.3. The molecule has 3 heterocycles. The van der Waals surface area contributed by atoms with E-state index in [4.69, 9.17) is 10.5 Å². The average molecular weight is 329 g/mol. The van der Waals surface area contributed by atoms with Crippen LogP contribution in [0.2, 0.25) is 0 Å². The van der Waals surface area contributed by atoms with Gasteiger partial charge in [0.15, 0.2) is 5.75 Å². The minimum absolute atomic E-state index is 0.0113. The maximum atomic E-state index is 11.9. The monoisotopic (exact) mass is 329 g/mol. The second kappa shape index (κ2) is 6.45. The van der Waals surface area contributed by atoms with Gasteiger partial charge >= 0.3 is 0 Å². The molecule has 2 atom stereocenters. The zero-order valence-electron chi connectivity index (χ0n) is 13.3. The smallest absolute Gasteiger partial charge is 0.268 e. The molecule has 1 fully saturated rings. The number of hydrogen-bond donors (Lipinski definition) is 3.